The van der Waals surface area contributed by atoms with Crippen molar-refractivity contribution in [2.45, 2.75) is 64.0 Å². The number of carbonyl (C=O) groups is 2. The van der Waals surface area contributed by atoms with Crippen LogP contribution in [0.1, 0.15) is 52.4 Å². The average molecular weight is 292 g/mol. The number of hydrogen-bond acceptors (Lipinski definition) is 2. The monoisotopic (exact) mass is 292 g/mol. The molecule has 21 heavy (non-hydrogen) atoms. The molecule has 0 aromatic heterocycles. The maximum atomic E-state index is 12.8. The molecule has 4 rings (SSSR count). The van der Waals surface area contributed by atoms with Gasteiger partial charge in [-0.2, -0.15) is 0 Å². The molecule has 0 aliphatic heterocycles. The van der Waals surface area contributed by atoms with Crippen molar-refractivity contribution in [1.29, 1.82) is 0 Å². The molecule has 4 aliphatic rings. The lowest BCUT2D eigenvalue weighted by atomic mass is 9.53. The molecule has 0 spiro atoms. The van der Waals surface area contributed by atoms with Gasteiger partial charge in [-0.1, -0.05) is 13.8 Å². The van der Waals surface area contributed by atoms with Crippen molar-refractivity contribution in [3.63, 3.8) is 0 Å². The van der Waals surface area contributed by atoms with E-state index >= 15 is 0 Å². The van der Waals surface area contributed by atoms with E-state index in [1.54, 1.807) is 7.05 Å². The number of likely N-dealkylation sites (N-methyl/N-ethyl adjacent to an activating group) is 1. The minimum Gasteiger partial charge on any atom is -0.349 e. The Morgan fingerprint density at radius 2 is 1.62 bits per heavy atom. The minimum atomic E-state index is -0.351. The van der Waals surface area contributed by atoms with Crippen molar-refractivity contribution in [2.75, 3.05) is 7.05 Å². The fourth-order valence-corrected chi connectivity index (χ4v) is 5.62. The molecule has 0 aromatic carbocycles. The number of carbonyl (C=O) groups excluding carboxylic acids is 2. The third-order valence-electron chi connectivity index (χ3n) is 5.93. The quantitative estimate of drug-likeness (QED) is 0.790. The van der Waals surface area contributed by atoms with E-state index in [1.807, 2.05) is 13.8 Å². The van der Waals surface area contributed by atoms with Crippen molar-refractivity contribution >= 4 is 12.3 Å². The van der Waals surface area contributed by atoms with Gasteiger partial charge in [0.25, 0.3) is 0 Å². The number of rotatable bonds is 5. The van der Waals surface area contributed by atoms with Crippen LogP contribution in [-0.2, 0) is 9.59 Å². The lowest BCUT2D eigenvalue weighted by molar-refractivity contribution is -0.137. The second-order valence-corrected chi connectivity index (χ2v) is 8.15. The molecule has 4 bridgehead atoms. The van der Waals surface area contributed by atoms with Crippen molar-refractivity contribution < 1.29 is 9.59 Å². The zero-order chi connectivity index (χ0) is 15.2. The average Bonchev–Trinajstić information content (AvgIpc) is 2.35. The van der Waals surface area contributed by atoms with Gasteiger partial charge in [0.15, 0.2) is 0 Å². The highest BCUT2D eigenvalue weighted by atomic mass is 16.2. The van der Waals surface area contributed by atoms with Crippen LogP contribution < -0.4 is 5.32 Å². The number of hydrogen-bond donors (Lipinski definition) is 1. The first-order valence-corrected chi connectivity index (χ1v) is 8.42. The molecule has 4 aliphatic carbocycles. The molecule has 0 aromatic rings. The third-order valence-corrected chi connectivity index (χ3v) is 5.93. The maximum Gasteiger partial charge on any atom is 0.243 e. The summed E-state index contributed by atoms with van der Waals surface area (Å²) in [5.41, 5.74) is 0.0305. The van der Waals surface area contributed by atoms with Gasteiger partial charge in [-0.3, -0.25) is 9.59 Å². The molecule has 4 heteroatoms. The molecule has 1 atom stereocenters. The van der Waals surface area contributed by atoms with E-state index in [0.717, 1.165) is 43.4 Å². The largest absolute Gasteiger partial charge is 0.349 e. The summed E-state index contributed by atoms with van der Waals surface area (Å²) < 4.78 is 0. The molecular weight excluding hydrogens is 264 g/mol. The van der Waals surface area contributed by atoms with Crippen LogP contribution in [0.5, 0.6) is 0 Å². The molecule has 0 radical (unpaired) electrons. The topological polar surface area (TPSA) is 49.4 Å². The fourth-order valence-electron chi connectivity index (χ4n) is 5.62. The van der Waals surface area contributed by atoms with Gasteiger partial charge >= 0.3 is 0 Å². The summed E-state index contributed by atoms with van der Waals surface area (Å²) in [7, 11) is 1.71. The van der Waals surface area contributed by atoms with Gasteiger partial charge in [0.2, 0.25) is 12.3 Å². The molecule has 4 nitrogen and oxygen atoms in total. The Hall–Kier alpha value is -1.06. The lowest BCUT2D eigenvalue weighted by Gasteiger charge is -2.57. The standard InChI is InChI=1S/C17H28N2O2/c1-11(2)15(19(3)10-20)16(21)18-17-7-12-4-13(8-17)6-14(5-12)9-17/h10-15H,4-9H2,1-3H3,(H,18,21)/t12?,13?,14?,15-,17?/m0/s1. The van der Waals surface area contributed by atoms with Crippen molar-refractivity contribution in [3.05, 3.63) is 0 Å². The summed E-state index contributed by atoms with van der Waals surface area (Å²) >= 11 is 0. The molecule has 4 fully saturated rings. The number of amides is 2. The van der Waals surface area contributed by atoms with Crippen LogP contribution in [0.4, 0.5) is 0 Å². The summed E-state index contributed by atoms with van der Waals surface area (Å²) in [6.07, 6.45) is 8.34. The predicted octanol–water partition coefficient (Wildman–Crippen LogP) is 2.18. The minimum absolute atomic E-state index is 0.0305. The SMILES string of the molecule is CC(C)[C@@H](C(=O)NC12CC3CC(CC(C3)C1)C2)N(C)C=O. The fraction of sp³-hybridized carbons (Fsp3) is 0.882. The normalized spacial score (nSPS) is 38.4. The van der Waals surface area contributed by atoms with Crippen molar-refractivity contribution in [2.24, 2.45) is 23.7 Å². The third kappa shape index (κ3) is 2.69. The first-order valence-electron chi connectivity index (χ1n) is 8.42. The van der Waals surface area contributed by atoms with E-state index in [4.69, 9.17) is 0 Å². The van der Waals surface area contributed by atoms with Crippen LogP contribution in [0.25, 0.3) is 0 Å². The smallest absolute Gasteiger partial charge is 0.243 e. The molecule has 0 saturated heterocycles. The highest BCUT2D eigenvalue weighted by Gasteiger charge is 2.52. The molecule has 1 N–H and O–H groups in total. The predicted molar refractivity (Wildman–Crippen MR) is 81.5 cm³/mol. The molecule has 118 valence electrons. The maximum absolute atomic E-state index is 12.8. The highest BCUT2D eigenvalue weighted by molar-refractivity contribution is 5.84. The van der Waals surface area contributed by atoms with E-state index < -0.39 is 0 Å². The lowest BCUT2D eigenvalue weighted by Crippen LogP contribution is -2.63. The molecule has 2 amide bonds. The zero-order valence-corrected chi connectivity index (χ0v) is 13.5. The van der Waals surface area contributed by atoms with E-state index in [0.29, 0.717) is 0 Å². The first-order chi connectivity index (χ1) is 9.92. The van der Waals surface area contributed by atoms with Crippen molar-refractivity contribution in [3.8, 4) is 0 Å². The Morgan fingerprint density at radius 3 is 2.00 bits per heavy atom. The van der Waals surface area contributed by atoms with E-state index in [1.165, 1.54) is 24.2 Å². The van der Waals surface area contributed by atoms with Crippen LogP contribution in [-0.4, -0.2) is 35.8 Å². The zero-order valence-electron chi connectivity index (χ0n) is 13.5. The van der Waals surface area contributed by atoms with Gasteiger partial charge in [0.1, 0.15) is 6.04 Å². The summed E-state index contributed by atoms with van der Waals surface area (Å²) in [4.78, 5) is 25.3. The highest BCUT2D eigenvalue weighted by Crippen LogP contribution is 2.55. The van der Waals surface area contributed by atoms with E-state index in [9.17, 15) is 9.59 Å². The molecule has 0 heterocycles. The summed E-state index contributed by atoms with van der Waals surface area (Å²) in [6, 6.07) is -0.351. The number of nitrogens with zero attached hydrogens (tertiary/aromatic N) is 1. The second kappa shape index (κ2) is 5.29. The van der Waals surface area contributed by atoms with Crippen LogP contribution >= 0.6 is 0 Å². The van der Waals surface area contributed by atoms with Gasteiger partial charge in [-0.05, 0) is 62.2 Å². The van der Waals surface area contributed by atoms with Crippen LogP contribution in [0.2, 0.25) is 0 Å². The molecular formula is C17H28N2O2. The Labute approximate surface area is 127 Å². The van der Waals surface area contributed by atoms with Crippen LogP contribution in [0.15, 0.2) is 0 Å². The molecule has 4 saturated carbocycles. The van der Waals surface area contributed by atoms with Crippen LogP contribution in [0, 0.1) is 23.7 Å². The summed E-state index contributed by atoms with van der Waals surface area (Å²) in [6.45, 7) is 4.01. The van der Waals surface area contributed by atoms with Gasteiger partial charge in [-0.25, -0.2) is 0 Å². The van der Waals surface area contributed by atoms with Gasteiger partial charge in [0.05, 0.1) is 0 Å². The Morgan fingerprint density at radius 1 is 1.14 bits per heavy atom. The van der Waals surface area contributed by atoms with E-state index in [-0.39, 0.29) is 23.4 Å². The Bertz CT molecular complexity index is 397. The van der Waals surface area contributed by atoms with Gasteiger partial charge in [0, 0.05) is 12.6 Å². The second-order valence-electron chi connectivity index (χ2n) is 8.15. The summed E-state index contributed by atoms with van der Waals surface area (Å²) in [5, 5.41) is 3.38. The van der Waals surface area contributed by atoms with Gasteiger partial charge < -0.3 is 10.2 Å². The van der Waals surface area contributed by atoms with E-state index in [2.05, 4.69) is 5.32 Å². The van der Waals surface area contributed by atoms with Gasteiger partial charge in [-0.15, -0.1) is 0 Å². The number of nitrogens with one attached hydrogen (secondary N) is 1. The summed E-state index contributed by atoms with van der Waals surface area (Å²) in [5.74, 6) is 2.63. The Balaban J connectivity index is 1.73. The Kier molecular flexibility index (Phi) is 3.74. The van der Waals surface area contributed by atoms with Crippen LogP contribution in [0.3, 0.4) is 0 Å². The van der Waals surface area contributed by atoms with Crippen molar-refractivity contribution in [1.82, 2.24) is 10.2 Å². The first kappa shape index (κ1) is 14.9. The molecule has 0 unspecified atom stereocenters.